The van der Waals surface area contributed by atoms with Crippen LogP contribution in [0.4, 0.5) is 0 Å². The maximum absolute atomic E-state index is 13.0. The zero-order valence-corrected chi connectivity index (χ0v) is 14.9. The lowest BCUT2D eigenvalue weighted by atomic mass is 9.96. The Kier molecular flexibility index (Phi) is 5.83. The molecule has 0 saturated carbocycles. The number of carbonyl (C=O) groups is 2. The molecule has 1 aromatic carbocycles. The number of carbonyl (C=O) groups excluding carboxylic acids is 2. The van der Waals surface area contributed by atoms with E-state index in [0.29, 0.717) is 26.2 Å². The minimum atomic E-state index is -0.149. The molecule has 1 fully saturated rings. The number of nitrogens with one attached hydrogen (secondary N) is 1. The standard InChI is InChI=1S/C19H23N3O2S/c20-9-10-21-18(23)15-7-4-11-22(13-15)19(24)17-16(8-12-25-17)14-5-2-1-3-6-14/h1-3,5-6,8,12,15H,4,7,9-11,13,20H2,(H,21,23). The van der Waals surface area contributed by atoms with Crippen molar-refractivity contribution in [1.82, 2.24) is 10.2 Å². The zero-order valence-electron chi connectivity index (χ0n) is 14.1. The van der Waals surface area contributed by atoms with Crippen molar-refractivity contribution >= 4 is 23.2 Å². The van der Waals surface area contributed by atoms with Gasteiger partial charge in [0.1, 0.15) is 0 Å². The molecule has 3 rings (SSSR count). The fourth-order valence-corrected chi connectivity index (χ4v) is 4.06. The Balaban J connectivity index is 1.73. The minimum Gasteiger partial charge on any atom is -0.355 e. The van der Waals surface area contributed by atoms with Crippen LogP contribution < -0.4 is 11.1 Å². The molecular weight excluding hydrogens is 334 g/mol. The van der Waals surface area contributed by atoms with E-state index in [0.717, 1.165) is 28.8 Å². The van der Waals surface area contributed by atoms with Crippen molar-refractivity contribution in [1.29, 1.82) is 0 Å². The van der Waals surface area contributed by atoms with Crippen molar-refractivity contribution in [2.45, 2.75) is 12.8 Å². The summed E-state index contributed by atoms with van der Waals surface area (Å²) in [5, 5.41) is 4.78. The lowest BCUT2D eigenvalue weighted by molar-refractivity contribution is -0.126. The van der Waals surface area contributed by atoms with E-state index in [4.69, 9.17) is 5.73 Å². The maximum atomic E-state index is 13.0. The summed E-state index contributed by atoms with van der Waals surface area (Å²) in [6.07, 6.45) is 1.66. The Morgan fingerprint density at radius 2 is 2.04 bits per heavy atom. The fraction of sp³-hybridized carbons (Fsp3) is 0.368. The van der Waals surface area contributed by atoms with E-state index in [1.165, 1.54) is 11.3 Å². The van der Waals surface area contributed by atoms with Crippen molar-refractivity contribution in [3.05, 3.63) is 46.7 Å². The molecule has 0 aliphatic carbocycles. The number of thiophene rings is 1. The number of rotatable bonds is 5. The van der Waals surface area contributed by atoms with E-state index in [1.807, 2.05) is 46.7 Å². The summed E-state index contributed by atoms with van der Waals surface area (Å²) in [7, 11) is 0. The van der Waals surface area contributed by atoms with Crippen LogP contribution in [-0.2, 0) is 4.79 Å². The monoisotopic (exact) mass is 357 g/mol. The maximum Gasteiger partial charge on any atom is 0.264 e. The molecule has 1 aliphatic rings. The summed E-state index contributed by atoms with van der Waals surface area (Å²) in [6, 6.07) is 11.9. The molecule has 1 unspecified atom stereocenters. The Labute approximate surface area is 151 Å². The number of piperidine rings is 1. The van der Waals surface area contributed by atoms with Crippen LogP contribution in [0.3, 0.4) is 0 Å². The lowest BCUT2D eigenvalue weighted by Crippen LogP contribution is -2.46. The van der Waals surface area contributed by atoms with Gasteiger partial charge < -0.3 is 16.0 Å². The van der Waals surface area contributed by atoms with Gasteiger partial charge in [-0.1, -0.05) is 30.3 Å². The molecule has 1 saturated heterocycles. The van der Waals surface area contributed by atoms with Gasteiger partial charge in [-0.2, -0.15) is 0 Å². The summed E-state index contributed by atoms with van der Waals surface area (Å²) in [4.78, 5) is 27.8. The van der Waals surface area contributed by atoms with E-state index < -0.39 is 0 Å². The molecule has 2 aromatic rings. The quantitative estimate of drug-likeness (QED) is 0.862. The van der Waals surface area contributed by atoms with E-state index >= 15 is 0 Å². The lowest BCUT2D eigenvalue weighted by Gasteiger charge is -2.32. The van der Waals surface area contributed by atoms with Gasteiger partial charge in [-0.15, -0.1) is 11.3 Å². The summed E-state index contributed by atoms with van der Waals surface area (Å²) in [6.45, 7) is 2.08. The smallest absolute Gasteiger partial charge is 0.264 e. The molecule has 1 aromatic heterocycles. The largest absolute Gasteiger partial charge is 0.355 e. The van der Waals surface area contributed by atoms with E-state index in [1.54, 1.807) is 0 Å². The third kappa shape index (κ3) is 4.08. The SMILES string of the molecule is NCCNC(=O)C1CCCN(C(=O)c2sccc2-c2ccccc2)C1. The molecule has 2 amide bonds. The second-order valence-electron chi connectivity index (χ2n) is 6.20. The van der Waals surface area contributed by atoms with Crippen LogP contribution in [0.5, 0.6) is 0 Å². The topological polar surface area (TPSA) is 75.4 Å². The zero-order chi connectivity index (χ0) is 17.6. The molecule has 132 valence electrons. The number of likely N-dealkylation sites (tertiary alicyclic amines) is 1. The van der Waals surface area contributed by atoms with E-state index in [2.05, 4.69) is 5.32 Å². The van der Waals surface area contributed by atoms with Gasteiger partial charge >= 0.3 is 0 Å². The number of hydrogen-bond donors (Lipinski definition) is 2. The van der Waals surface area contributed by atoms with Crippen LogP contribution in [-0.4, -0.2) is 42.9 Å². The molecule has 2 heterocycles. The molecule has 3 N–H and O–H groups in total. The number of nitrogens with two attached hydrogens (primary N) is 1. The molecule has 0 bridgehead atoms. The van der Waals surface area contributed by atoms with Gasteiger partial charge in [-0.25, -0.2) is 0 Å². The molecule has 6 heteroatoms. The van der Waals surface area contributed by atoms with Gasteiger partial charge in [0.25, 0.3) is 5.91 Å². The summed E-state index contributed by atoms with van der Waals surface area (Å²) < 4.78 is 0. The number of nitrogens with zero attached hydrogens (tertiary/aromatic N) is 1. The fourth-order valence-electron chi connectivity index (χ4n) is 3.18. The van der Waals surface area contributed by atoms with E-state index in [9.17, 15) is 9.59 Å². The van der Waals surface area contributed by atoms with Crippen LogP contribution in [0.25, 0.3) is 11.1 Å². The highest BCUT2D eigenvalue weighted by Crippen LogP contribution is 2.30. The van der Waals surface area contributed by atoms with E-state index in [-0.39, 0.29) is 17.7 Å². The summed E-state index contributed by atoms with van der Waals surface area (Å²) in [5.74, 6) is -0.132. The van der Waals surface area contributed by atoms with Crippen LogP contribution >= 0.6 is 11.3 Å². The van der Waals surface area contributed by atoms with Gasteiger partial charge in [0.15, 0.2) is 0 Å². The molecule has 0 spiro atoms. The average molecular weight is 357 g/mol. The summed E-state index contributed by atoms with van der Waals surface area (Å²) in [5.41, 5.74) is 7.45. The van der Waals surface area contributed by atoms with Crippen LogP contribution in [0, 0.1) is 5.92 Å². The van der Waals surface area contributed by atoms with Crippen molar-refractivity contribution < 1.29 is 9.59 Å². The van der Waals surface area contributed by atoms with Gasteiger partial charge in [-0.05, 0) is 29.9 Å². The first-order valence-corrected chi connectivity index (χ1v) is 9.48. The first kappa shape index (κ1) is 17.6. The number of amides is 2. The second kappa shape index (κ2) is 8.27. The highest BCUT2D eigenvalue weighted by Gasteiger charge is 2.30. The predicted molar refractivity (Wildman–Crippen MR) is 100 cm³/mol. The van der Waals surface area contributed by atoms with Crippen LogP contribution in [0.15, 0.2) is 41.8 Å². The molecule has 0 radical (unpaired) electrons. The third-order valence-electron chi connectivity index (χ3n) is 4.47. The summed E-state index contributed by atoms with van der Waals surface area (Å²) >= 11 is 1.46. The molecule has 1 aliphatic heterocycles. The predicted octanol–water partition coefficient (Wildman–Crippen LogP) is 2.34. The minimum absolute atomic E-state index is 0.00240. The first-order valence-electron chi connectivity index (χ1n) is 8.60. The average Bonchev–Trinajstić information content (AvgIpc) is 3.16. The normalized spacial score (nSPS) is 17.3. The van der Waals surface area contributed by atoms with Gasteiger partial charge in [-0.3, -0.25) is 9.59 Å². The van der Waals surface area contributed by atoms with Crippen LogP contribution in [0.2, 0.25) is 0 Å². The molecule has 5 nitrogen and oxygen atoms in total. The molecule has 25 heavy (non-hydrogen) atoms. The van der Waals surface area contributed by atoms with Crippen molar-refractivity contribution in [3.63, 3.8) is 0 Å². The van der Waals surface area contributed by atoms with Crippen LogP contribution in [0.1, 0.15) is 22.5 Å². The highest BCUT2D eigenvalue weighted by atomic mass is 32.1. The van der Waals surface area contributed by atoms with Crippen molar-refractivity contribution in [2.75, 3.05) is 26.2 Å². The Morgan fingerprint density at radius 3 is 2.80 bits per heavy atom. The first-order chi connectivity index (χ1) is 12.2. The Bertz CT molecular complexity index is 729. The van der Waals surface area contributed by atoms with Gasteiger partial charge in [0, 0.05) is 31.7 Å². The van der Waals surface area contributed by atoms with Gasteiger partial charge in [0.2, 0.25) is 5.91 Å². The van der Waals surface area contributed by atoms with Crippen molar-refractivity contribution in [3.8, 4) is 11.1 Å². The number of hydrogen-bond acceptors (Lipinski definition) is 4. The molecular formula is C19H23N3O2S. The van der Waals surface area contributed by atoms with Gasteiger partial charge in [0.05, 0.1) is 10.8 Å². The second-order valence-corrected chi connectivity index (χ2v) is 7.12. The Hall–Kier alpha value is -2.18. The highest BCUT2D eigenvalue weighted by molar-refractivity contribution is 7.12. The number of benzene rings is 1. The Morgan fingerprint density at radius 1 is 1.24 bits per heavy atom. The third-order valence-corrected chi connectivity index (χ3v) is 5.37. The molecule has 1 atom stereocenters. The van der Waals surface area contributed by atoms with Crippen molar-refractivity contribution in [2.24, 2.45) is 11.7 Å².